The van der Waals surface area contributed by atoms with Crippen molar-refractivity contribution in [1.82, 2.24) is 4.98 Å². The summed E-state index contributed by atoms with van der Waals surface area (Å²) < 4.78 is 4.70. The number of carbonyl (C=O) groups is 2. The molecule has 2 aromatic carbocycles. The smallest absolute Gasteiger partial charge is 0.337 e. The van der Waals surface area contributed by atoms with Gasteiger partial charge in [-0.3, -0.25) is 4.79 Å². The normalized spacial score (nSPS) is 10.5. The van der Waals surface area contributed by atoms with Crippen molar-refractivity contribution in [1.29, 1.82) is 0 Å². The molecular formula is C21H19ClN2O3S. The van der Waals surface area contributed by atoms with Crippen molar-refractivity contribution in [2.45, 2.75) is 19.8 Å². The molecule has 0 saturated carbocycles. The van der Waals surface area contributed by atoms with Crippen LogP contribution in [0.1, 0.15) is 32.2 Å². The minimum Gasteiger partial charge on any atom is -0.465 e. The number of nitrogens with one attached hydrogen (secondary N) is 1. The Morgan fingerprint density at radius 1 is 1.21 bits per heavy atom. The Hall–Kier alpha value is -2.70. The van der Waals surface area contributed by atoms with Gasteiger partial charge < -0.3 is 10.1 Å². The van der Waals surface area contributed by atoms with Crippen LogP contribution >= 0.6 is 22.9 Å². The number of benzene rings is 2. The van der Waals surface area contributed by atoms with E-state index in [0.29, 0.717) is 22.7 Å². The van der Waals surface area contributed by atoms with Crippen LogP contribution in [0.4, 0.5) is 5.69 Å². The Kier molecular flexibility index (Phi) is 6.44. The van der Waals surface area contributed by atoms with Crippen LogP contribution in [0.5, 0.6) is 0 Å². The minimum absolute atomic E-state index is 0.159. The fourth-order valence-electron chi connectivity index (χ4n) is 2.74. The Bertz CT molecular complexity index is 1020. The Balaban J connectivity index is 1.61. The molecule has 0 unspecified atom stereocenters. The van der Waals surface area contributed by atoms with E-state index in [2.05, 4.69) is 10.3 Å². The Morgan fingerprint density at radius 3 is 2.75 bits per heavy atom. The lowest BCUT2D eigenvalue weighted by Gasteiger charge is -2.09. The van der Waals surface area contributed by atoms with E-state index < -0.39 is 5.97 Å². The number of rotatable bonds is 6. The van der Waals surface area contributed by atoms with E-state index in [-0.39, 0.29) is 12.3 Å². The summed E-state index contributed by atoms with van der Waals surface area (Å²) in [5.74, 6) is -0.566. The molecule has 0 fully saturated rings. The van der Waals surface area contributed by atoms with Gasteiger partial charge in [0.2, 0.25) is 5.91 Å². The fraction of sp³-hybridized carbons (Fsp3) is 0.190. The number of esters is 1. The average molecular weight is 415 g/mol. The van der Waals surface area contributed by atoms with Crippen molar-refractivity contribution < 1.29 is 14.3 Å². The van der Waals surface area contributed by atoms with Crippen LogP contribution in [0.3, 0.4) is 0 Å². The zero-order chi connectivity index (χ0) is 20.1. The molecular weight excluding hydrogens is 396 g/mol. The highest BCUT2D eigenvalue weighted by atomic mass is 35.5. The third-order valence-corrected chi connectivity index (χ3v) is 5.24. The molecule has 0 atom stereocenters. The lowest BCUT2D eigenvalue weighted by molar-refractivity contribution is -0.115. The van der Waals surface area contributed by atoms with Gasteiger partial charge >= 0.3 is 5.97 Å². The second-order valence-electron chi connectivity index (χ2n) is 6.29. The SMILES string of the molecule is COC(=O)c1ccc(NC(=O)Cc2csc(Cc3cccc(Cl)c3)n2)c(C)c1. The quantitative estimate of drug-likeness (QED) is 0.595. The summed E-state index contributed by atoms with van der Waals surface area (Å²) in [5.41, 5.74) is 3.70. The first kappa shape index (κ1) is 20.0. The van der Waals surface area contributed by atoms with E-state index in [1.165, 1.54) is 18.4 Å². The number of halogens is 1. The Labute approximate surface area is 172 Å². The standard InChI is InChI=1S/C21H19ClN2O3S/c1-13-8-15(21(26)27-2)6-7-18(13)24-19(25)11-17-12-28-20(23-17)10-14-4-3-5-16(22)9-14/h3-9,12H,10-11H2,1-2H3,(H,24,25). The molecule has 0 radical (unpaired) electrons. The third-order valence-electron chi connectivity index (χ3n) is 4.11. The zero-order valence-corrected chi connectivity index (χ0v) is 17.1. The maximum Gasteiger partial charge on any atom is 0.337 e. The summed E-state index contributed by atoms with van der Waals surface area (Å²) in [7, 11) is 1.34. The fourth-order valence-corrected chi connectivity index (χ4v) is 3.78. The lowest BCUT2D eigenvalue weighted by Crippen LogP contribution is -2.15. The van der Waals surface area contributed by atoms with E-state index in [1.807, 2.05) is 36.6 Å². The van der Waals surface area contributed by atoms with Crippen molar-refractivity contribution in [3.63, 3.8) is 0 Å². The molecule has 0 saturated heterocycles. The summed E-state index contributed by atoms with van der Waals surface area (Å²) in [5, 5.41) is 6.39. The third kappa shape index (κ3) is 5.18. The van der Waals surface area contributed by atoms with E-state index in [0.717, 1.165) is 21.8 Å². The number of hydrogen-bond acceptors (Lipinski definition) is 5. The van der Waals surface area contributed by atoms with Gasteiger partial charge in [-0.25, -0.2) is 9.78 Å². The molecule has 1 amide bonds. The van der Waals surface area contributed by atoms with Crippen molar-refractivity contribution in [3.8, 4) is 0 Å². The van der Waals surface area contributed by atoms with Crippen LogP contribution in [0.25, 0.3) is 0 Å². The number of anilines is 1. The van der Waals surface area contributed by atoms with E-state index in [1.54, 1.807) is 18.2 Å². The molecule has 0 bridgehead atoms. The van der Waals surface area contributed by atoms with Crippen LogP contribution in [0.2, 0.25) is 5.02 Å². The number of ether oxygens (including phenoxy) is 1. The van der Waals surface area contributed by atoms with Crippen molar-refractivity contribution in [2.75, 3.05) is 12.4 Å². The highest BCUT2D eigenvalue weighted by molar-refractivity contribution is 7.09. The molecule has 1 heterocycles. The molecule has 3 aromatic rings. The van der Waals surface area contributed by atoms with Gasteiger partial charge in [-0.2, -0.15) is 0 Å². The molecule has 0 aliphatic rings. The molecule has 144 valence electrons. The van der Waals surface area contributed by atoms with Gasteiger partial charge in [-0.15, -0.1) is 11.3 Å². The van der Waals surface area contributed by atoms with Gasteiger partial charge in [0.1, 0.15) is 0 Å². The van der Waals surface area contributed by atoms with Gasteiger partial charge in [0, 0.05) is 22.5 Å². The molecule has 28 heavy (non-hydrogen) atoms. The predicted octanol–water partition coefficient (Wildman–Crippen LogP) is 4.66. The number of methoxy groups -OCH3 is 1. The summed E-state index contributed by atoms with van der Waals surface area (Å²) in [6.07, 6.45) is 0.866. The number of hydrogen-bond donors (Lipinski definition) is 1. The Morgan fingerprint density at radius 2 is 2.04 bits per heavy atom. The highest BCUT2D eigenvalue weighted by Gasteiger charge is 2.12. The first-order valence-corrected chi connectivity index (χ1v) is 9.87. The number of nitrogens with zero attached hydrogens (tertiary/aromatic N) is 1. The first-order valence-electron chi connectivity index (χ1n) is 8.61. The van der Waals surface area contributed by atoms with Crippen LogP contribution in [-0.2, 0) is 22.4 Å². The van der Waals surface area contributed by atoms with Crippen molar-refractivity contribution >= 4 is 40.5 Å². The lowest BCUT2D eigenvalue weighted by atomic mass is 10.1. The summed E-state index contributed by atoms with van der Waals surface area (Å²) in [6, 6.07) is 12.7. The molecule has 1 N–H and O–H groups in total. The van der Waals surface area contributed by atoms with Crippen LogP contribution in [0.15, 0.2) is 47.8 Å². The molecule has 3 rings (SSSR count). The van der Waals surface area contributed by atoms with Gasteiger partial charge in [0.25, 0.3) is 0 Å². The number of aromatic nitrogens is 1. The van der Waals surface area contributed by atoms with Crippen LogP contribution in [-0.4, -0.2) is 24.0 Å². The molecule has 1 aromatic heterocycles. The monoisotopic (exact) mass is 414 g/mol. The summed E-state index contributed by atoms with van der Waals surface area (Å²) in [6.45, 7) is 1.83. The second-order valence-corrected chi connectivity index (χ2v) is 7.66. The zero-order valence-electron chi connectivity index (χ0n) is 15.5. The van der Waals surface area contributed by atoms with E-state index in [4.69, 9.17) is 16.3 Å². The summed E-state index contributed by atoms with van der Waals surface area (Å²) in [4.78, 5) is 28.5. The minimum atomic E-state index is -0.407. The average Bonchev–Trinajstić information content (AvgIpc) is 3.09. The summed E-state index contributed by atoms with van der Waals surface area (Å²) >= 11 is 7.54. The second kappa shape index (κ2) is 8.99. The first-order chi connectivity index (χ1) is 13.4. The largest absolute Gasteiger partial charge is 0.465 e. The number of amides is 1. The number of carbonyl (C=O) groups excluding carboxylic acids is 2. The molecule has 0 aliphatic carbocycles. The van der Waals surface area contributed by atoms with Crippen molar-refractivity contribution in [2.24, 2.45) is 0 Å². The maximum absolute atomic E-state index is 12.4. The molecule has 5 nitrogen and oxygen atoms in total. The van der Waals surface area contributed by atoms with E-state index >= 15 is 0 Å². The van der Waals surface area contributed by atoms with E-state index in [9.17, 15) is 9.59 Å². The van der Waals surface area contributed by atoms with Gasteiger partial charge in [0.15, 0.2) is 0 Å². The molecule has 0 aliphatic heterocycles. The number of thiazole rings is 1. The van der Waals surface area contributed by atoms with Gasteiger partial charge in [0.05, 0.1) is 29.8 Å². The maximum atomic E-state index is 12.4. The molecule has 0 spiro atoms. The number of aryl methyl sites for hydroxylation is 1. The van der Waals surface area contributed by atoms with Crippen LogP contribution < -0.4 is 5.32 Å². The predicted molar refractivity (Wildman–Crippen MR) is 111 cm³/mol. The topological polar surface area (TPSA) is 68.3 Å². The van der Waals surface area contributed by atoms with Gasteiger partial charge in [-0.05, 0) is 48.4 Å². The van der Waals surface area contributed by atoms with Crippen molar-refractivity contribution in [3.05, 3.63) is 80.3 Å². The van der Waals surface area contributed by atoms with Gasteiger partial charge in [-0.1, -0.05) is 23.7 Å². The van der Waals surface area contributed by atoms with Crippen LogP contribution in [0, 0.1) is 6.92 Å². The molecule has 7 heteroatoms. The highest BCUT2D eigenvalue weighted by Crippen LogP contribution is 2.20.